The van der Waals surface area contributed by atoms with E-state index < -0.39 is 23.8 Å². The fraction of sp³-hybridized carbons (Fsp3) is 0.462. The smallest absolute Gasteiger partial charge is 0.364 e. The first-order valence-corrected chi connectivity index (χ1v) is 6.24. The molecule has 0 aromatic heterocycles. The minimum atomic E-state index is -4.44. The van der Waals surface area contributed by atoms with E-state index in [-0.39, 0.29) is 24.2 Å². The summed E-state index contributed by atoms with van der Waals surface area (Å²) in [4.78, 5) is 11.9. The van der Waals surface area contributed by atoms with Crippen LogP contribution in [0.1, 0.15) is 18.4 Å². The van der Waals surface area contributed by atoms with Crippen LogP contribution in [0.5, 0.6) is 0 Å². The third-order valence-electron chi connectivity index (χ3n) is 3.12. The Morgan fingerprint density at radius 3 is 2.67 bits per heavy atom. The normalized spacial score (nSPS) is 21.7. The van der Waals surface area contributed by atoms with Crippen LogP contribution in [-0.2, 0) is 15.7 Å². The van der Waals surface area contributed by atoms with Gasteiger partial charge < -0.3 is 15.8 Å². The van der Waals surface area contributed by atoms with Gasteiger partial charge in [0.2, 0.25) is 0 Å². The van der Waals surface area contributed by atoms with E-state index in [1.807, 2.05) is 0 Å². The number of halogens is 4. The molecule has 1 aliphatic rings. The van der Waals surface area contributed by atoms with Crippen molar-refractivity contribution in [3.05, 3.63) is 29.8 Å². The Bertz CT molecular complexity index is 497. The average Bonchev–Trinajstić information content (AvgIpc) is 2.87. The maximum atomic E-state index is 12.6. The Morgan fingerprint density at radius 1 is 1.38 bits per heavy atom. The molecule has 8 heteroatoms. The molecule has 118 valence electrons. The summed E-state index contributed by atoms with van der Waals surface area (Å²) in [6, 6.07) is 4.50. The summed E-state index contributed by atoms with van der Waals surface area (Å²) in [6.07, 6.45) is -4.05. The molecule has 4 nitrogen and oxygen atoms in total. The molecular formula is C13H16ClF3N2O2. The number of alkyl halides is 3. The SMILES string of the molecule is Cl.NC[C@H]1CC[C@@H](C(=O)Nc2cccc(C(F)(F)F)c2)O1. The zero-order valence-corrected chi connectivity index (χ0v) is 11.8. The molecular weight excluding hydrogens is 309 g/mol. The molecule has 1 amide bonds. The topological polar surface area (TPSA) is 64.4 Å². The van der Waals surface area contributed by atoms with Crippen LogP contribution in [0.25, 0.3) is 0 Å². The lowest BCUT2D eigenvalue weighted by molar-refractivity contribution is -0.137. The van der Waals surface area contributed by atoms with Crippen molar-refractivity contribution in [1.29, 1.82) is 0 Å². The van der Waals surface area contributed by atoms with Gasteiger partial charge in [0, 0.05) is 12.2 Å². The molecule has 0 aliphatic carbocycles. The van der Waals surface area contributed by atoms with E-state index in [0.717, 1.165) is 12.1 Å². The highest BCUT2D eigenvalue weighted by molar-refractivity contribution is 5.94. The lowest BCUT2D eigenvalue weighted by Crippen LogP contribution is -2.29. The van der Waals surface area contributed by atoms with Crippen LogP contribution in [0.15, 0.2) is 24.3 Å². The summed E-state index contributed by atoms with van der Waals surface area (Å²) in [6.45, 7) is 0.327. The Hall–Kier alpha value is -1.31. The molecule has 1 fully saturated rings. The highest BCUT2D eigenvalue weighted by Gasteiger charge is 2.32. The van der Waals surface area contributed by atoms with Crippen molar-refractivity contribution in [2.45, 2.75) is 31.2 Å². The molecule has 0 bridgehead atoms. The summed E-state index contributed by atoms with van der Waals surface area (Å²) >= 11 is 0. The highest BCUT2D eigenvalue weighted by Crippen LogP contribution is 2.31. The Morgan fingerprint density at radius 2 is 2.10 bits per heavy atom. The molecule has 1 heterocycles. The standard InChI is InChI=1S/C13H15F3N2O2.ClH/c14-13(15,16)8-2-1-3-9(6-8)18-12(19)11-5-4-10(7-17)20-11;/h1-3,6,10-11H,4-5,7,17H2,(H,18,19);1H/t10-,11+;/m1./s1. The number of rotatable bonds is 3. The number of hydrogen-bond donors (Lipinski definition) is 2. The van der Waals surface area contributed by atoms with Crippen LogP contribution in [0, 0.1) is 0 Å². The molecule has 1 saturated heterocycles. The number of carbonyl (C=O) groups is 1. The van der Waals surface area contributed by atoms with Gasteiger partial charge in [0.25, 0.3) is 5.91 Å². The van der Waals surface area contributed by atoms with Gasteiger partial charge >= 0.3 is 6.18 Å². The summed E-state index contributed by atoms with van der Waals surface area (Å²) in [7, 11) is 0. The Balaban J connectivity index is 0.00000220. The second kappa shape index (κ2) is 7.11. The fourth-order valence-electron chi connectivity index (χ4n) is 2.07. The van der Waals surface area contributed by atoms with Gasteiger partial charge in [0.15, 0.2) is 0 Å². The number of ether oxygens (including phenoxy) is 1. The molecule has 2 atom stereocenters. The predicted octanol–water partition coefficient (Wildman–Crippen LogP) is 2.57. The zero-order chi connectivity index (χ0) is 14.8. The number of nitrogens with one attached hydrogen (secondary N) is 1. The van der Waals surface area contributed by atoms with Crippen LogP contribution in [0.2, 0.25) is 0 Å². The van der Waals surface area contributed by atoms with E-state index >= 15 is 0 Å². The maximum Gasteiger partial charge on any atom is 0.416 e. The Kier molecular flexibility index (Phi) is 6.00. The van der Waals surface area contributed by atoms with Crippen molar-refractivity contribution in [2.24, 2.45) is 5.73 Å². The van der Waals surface area contributed by atoms with Crippen LogP contribution >= 0.6 is 12.4 Å². The van der Waals surface area contributed by atoms with Crippen LogP contribution in [-0.4, -0.2) is 24.7 Å². The van der Waals surface area contributed by atoms with Crippen LogP contribution in [0.3, 0.4) is 0 Å². The molecule has 1 aromatic rings. The Labute approximate surface area is 126 Å². The van der Waals surface area contributed by atoms with Crippen molar-refractivity contribution >= 4 is 24.0 Å². The molecule has 0 unspecified atom stereocenters. The molecule has 0 radical (unpaired) electrons. The summed E-state index contributed by atoms with van der Waals surface area (Å²) in [5.41, 5.74) is 4.73. The molecule has 0 spiro atoms. The zero-order valence-electron chi connectivity index (χ0n) is 11.0. The first-order valence-electron chi connectivity index (χ1n) is 6.24. The number of nitrogens with two attached hydrogens (primary N) is 1. The number of carbonyl (C=O) groups excluding carboxylic acids is 1. The summed E-state index contributed by atoms with van der Waals surface area (Å²) in [5.74, 6) is -0.444. The number of amides is 1. The van der Waals surface area contributed by atoms with Crippen LogP contribution < -0.4 is 11.1 Å². The van der Waals surface area contributed by atoms with Gasteiger partial charge in [0.1, 0.15) is 6.10 Å². The number of anilines is 1. The maximum absolute atomic E-state index is 12.6. The molecule has 21 heavy (non-hydrogen) atoms. The minimum Gasteiger partial charge on any atom is -0.364 e. The third-order valence-corrected chi connectivity index (χ3v) is 3.12. The van der Waals surface area contributed by atoms with E-state index in [2.05, 4.69) is 5.32 Å². The fourth-order valence-corrected chi connectivity index (χ4v) is 2.07. The van der Waals surface area contributed by atoms with E-state index in [1.165, 1.54) is 12.1 Å². The van der Waals surface area contributed by atoms with Crippen molar-refractivity contribution in [1.82, 2.24) is 0 Å². The third kappa shape index (κ3) is 4.59. The second-order valence-corrected chi connectivity index (χ2v) is 4.63. The van der Waals surface area contributed by atoms with Gasteiger partial charge in [-0.1, -0.05) is 6.07 Å². The quantitative estimate of drug-likeness (QED) is 0.898. The first kappa shape index (κ1) is 17.7. The molecule has 2 rings (SSSR count). The summed E-state index contributed by atoms with van der Waals surface area (Å²) < 4.78 is 43.0. The first-order chi connectivity index (χ1) is 9.40. The van der Waals surface area contributed by atoms with Crippen molar-refractivity contribution in [2.75, 3.05) is 11.9 Å². The number of benzene rings is 1. The van der Waals surface area contributed by atoms with Gasteiger partial charge in [-0.2, -0.15) is 13.2 Å². The van der Waals surface area contributed by atoms with Crippen LogP contribution in [0.4, 0.5) is 18.9 Å². The second-order valence-electron chi connectivity index (χ2n) is 4.63. The van der Waals surface area contributed by atoms with Crippen molar-refractivity contribution < 1.29 is 22.7 Å². The molecule has 0 saturated carbocycles. The van der Waals surface area contributed by atoms with E-state index in [1.54, 1.807) is 0 Å². The van der Waals surface area contributed by atoms with Gasteiger partial charge in [-0.25, -0.2) is 0 Å². The predicted molar refractivity (Wildman–Crippen MR) is 74.3 cm³/mol. The molecule has 3 N–H and O–H groups in total. The van der Waals surface area contributed by atoms with E-state index in [0.29, 0.717) is 19.4 Å². The van der Waals surface area contributed by atoms with Gasteiger partial charge in [-0.15, -0.1) is 12.4 Å². The minimum absolute atomic E-state index is 0. The van der Waals surface area contributed by atoms with Crippen molar-refractivity contribution in [3.63, 3.8) is 0 Å². The largest absolute Gasteiger partial charge is 0.416 e. The lowest BCUT2D eigenvalue weighted by atomic mass is 10.1. The van der Waals surface area contributed by atoms with E-state index in [9.17, 15) is 18.0 Å². The monoisotopic (exact) mass is 324 g/mol. The summed E-state index contributed by atoms with van der Waals surface area (Å²) in [5, 5.41) is 2.44. The van der Waals surface area contributed by atoms with Gasteiger partial charge in [-0.05, 0) is 31.0 Å². The number of hydrogen-bond acceptors (Lipinski definition) is 3. The lowest BCUT2D eigenvalue weighted by Gasteiger charge is -2.14. The van der Waals surface area contributed by atoms with E-state index in [4.69, 9.17) is 10.5 Å². The van der Waals surface area contributed by atoms with Crippen molar-refractivity contribution in [3.8, 4) is 0 Å². The van der Waals surface area contributed by atoms with Gasteiger partial charge in [0.05, 0.1) is 11.7 Å². The van der Waals surface area contributed by atoms with Gasteiger partial charge in [-0.3, -0.25) is 4.79 Å². The molecule has 1 aromatic carbocycles. The molecule has 1 aliphatic heterocycles. The average molecular weight is 325 g/mol. The highest BCUT2D eigenvalue weighted by atomic mass is 35.5.